The van der Waals surface area contributed by atoms with Crippen molar-refractivity contribution in [3.05, 3.63) is 119 Å². The molecule has 0 unspecified atom stereocenters. The number of aromatic nitrogens is 4. The van der Waals surface area contributed by atoms with Gasteiger partial charge in [-0.05, 0) is 24.5 Å². The number of nitrogens with one attached hydrogen (secondary N) is 2. The van der Waals surface area contributed by atoms with E-state index in [4.69, 9.17) is 16.3 Å². The van der Waals surface area contributed by atoms with Crippen molar-refractivity contribution in [3.8, 4) is 11.5 Å². The molecule has 0 bridgehead atoms. The number of aromatic hydroxyl groups is 1. The fourth-order valence-corrected chi connectivity index (χ4v) is 6.64. The number of halogens is 1. The van der Waals surface area contributed by atoms with Gasteiger partial charge in [-0.15, -0.1) is 10.2 Å². The fourth-order valence-electron chi connectivity index (χ4n) is 6.30. The van der Waals surface area contributed by atoms with Gasteiger partial charge in [0.25, 0.3) is 5.56 Å². The lowest BCUT2D eigenvalue weighted by molar-refractivity contribution is 0.362. The van der Waals surface area contributed by atoms with E-state index in [0.29, 0.717) is 0 Å². The van der Waals surface area contributed by atoms with E-state index in [-0.39, 0.29) is 45.5 Å². The van der Waals surface area contributed by atoms with Gasteiger partial charge in [0.15, 0.2) is 11.2 Å². The van der Waals surface area contributed by atoms with Crippen molar-refractivity contribution in [2.24, 2.45) is 5.10 Å². The van der Waals surface area contributed by atoms with Crippen LogP contribution < -0.4 is 48.0 Å². The van der Waals surface area contributed by atoms with Gasteiger partial charge in [0.2, 0.25) is 16.3 Å². The lowest BCUT2D eigenvalue weighted by Crippen LogP contribution is -2.51. The van der Waals surface area contributed by atoms with Crippen molar-refractivity contribution in [2.75, 3.05) is 12.6 Å². The van der Waals surface area contributed by atoms with Crippen LogP contribution in [0.15, 0.2) is 53.9 Å². The van der Waals surface area contributed by atoms with Crippen molar-refractivity contribution >= 4 is 40.1 Å². The third-order valence-corrected chi connectivity index (χ3v) is 8.60. The predicted octanol–water partition coefficient (Wildman–Crippen LogP) is -1.66. The summed E-state index contributed by atoms with van der Waals surface area (Å²) in [6.07, 6.45) is 3.81. The Hall–Kier alpha value is -5.83. The Labute approximate surface area is 246 Å². The van der Waals surface area contributed by atoms with Crippen LogP contribution in [0.5, 0.6) is 11.5 Å². The van der Waals surface area contributed by atoms with Crippen molar-refractivity contribution in [3.63, 3.8) is 0 Å². The maximum Gasteiger partial charge on any atom is 0.260 e. The van der Waals surface area contributed by atoms with E-state index < -0.39 is 76.6 Å². The second-order valence-electron chi connectivity index (χ2n) is 10.3. The zero-order chi connectivity index (χ0) is 31.2. The van der Waals surface area contributed by atoms with E-state index in [1.54, 1.807) is 0 Å². The van der Waals surface area contributed by atoms with E-state index in [1.807, 2.05) is 0 Å². The minimum absolute atomic E-state index is 0.0111. The van der Waals surface area contributed by atoms with Crippen LogP contribution >= 0.6 is 11.6 Å². The van der Waals surface area contributed by atoms with Gasteiger partial charge in [0.05, 0.1) is 50.3 Å². The average Bonchev–Trinajstić information content (AvgIpc) is 3.71. The van der Waals surface area contributed by atoms with Gasteiger partial charge in [-0.2, -0.15) is 5.10 Å². The molecule has 16 heteroatoms. The summed E-state index contributed by atoms with van der Waals surface area (Å²) in [7, 11) is 1.11. The van der Waals surface area contributed by atoms with E-state index in [9.17, 15) is 39.3 Å². The van der Waals surface area contributed by atoms with E-state index in [2.05, 4.69) is 25.8 Å². The standard InChI is InChI=1S/C28H17ClN6O9/c1-44-13-5-12(36)15-16(21(13)37)23(39)18-17(22(15)38)25(41)28(26(18)42)3-2-10-19(28)24(40)14-11(20(10)29)4-9(33-27(14)43)6-30-34-35-7-31-32-8-35/h4-8,34,40-42H,2-3H2,1H3,(H,33,43)/t28-/m0/s1. The summed E-state index contributed by atoms with van der Waals surface area (Å²) < 4.78 is 6.22. The molecule has 4 aliphatic carbocycles. The first kappa shape index (κ1) is 27.0. The van der Waals surface area contributed by atoms with Gasteiger partial charge < -0.3 is 25.0 Å². The number of fused-ring (bicyclic) bond motifs is 4. The number of nitrogens with zero attached hydrogens (tertiary/aromatic N) is 4. The zero-order valence-electron chi connectivity index (χ0n) is 22.3. The van der Waals surface area contributed by atoms with Crippen LogP contribution in [-0.2, 0) is 11.8 Å². The third kappa shape index (κ3) is 3.26. The summed E-state index contributed by atoms with van der Waals surface area (Å²) in [5.74, 6) is -2.77. The van der Waals surface area contributed by atoms with Crippen LogP contribution in [0.4, 0.5) is 0 Å². The molecular weight excluding hydrogens is 600 g/mol. The van der Waals surface area contributed by atoms with Crippen LogP contribution in [0, 0.1) is 10.4 Å². The average molecular weight is 617 g/mol. The molecule has 7 rings (SSSR count). The molecule has 1 aromatic carbocycles. The highest BCUT2D eigenvalue weighted by atomic mass is 35.5. The molecule has 4 aliphatic rings. The van der Waals surface area contributed by atoms with Gasteiger partial charge in [-0.1, -0.05) is 11.6 Å². The molecule has 0 aliphatic heterocycles. The second-order valence-corrected chi connectivity index (χ2v) is 10.6. The monoisotopic (exact) mass is 616 g/mol. The molecule has 0 saturated heterocycles. The smallest absolute Gasteiger partial charge is 0.260 e. The van der Waals surface area contributed by atoms with Gasteiger partial charge in [0, 0.05) is 17.0 Å². The first-order valence-electron chi connectivity index (χ1n) is 12.8. The summed E-state index contributed by atoms with van der Waals surface area (Å²) in [6, 6.07) is 2.22. The first-order chi connectivity index (χ1) is 21.0. The molecule has 5 N–H and O–H groups in total. The number of ether oxygens (including phenoxy) is 1. The van der Waals surface area contributed by atoms with Gasteiger partial charge in [-0.3, -0.25) is 24.0 Å². The minimum Gasteiger partial charge on any atom is -0.510 e. The maximum atomic E-state index is 13.6. The summed E-state index contributed by atoms with van der Waals surface area (Å²) in [5.41, 5.74) is -4.37. The molecule has 0 saturated carbocycles. The van der Waals surface area contributed by atoms with Crippen LogP contribution in [-0.4, -0.2) is 48.5 Å². The van der Waals surface area contributed by atoms with Crippen LogP contribution in [0.1, 0.15) is 23.2 Å². The topological polar surface area (TPSA) is 226 Å². The van der Waals surface area contributed by atoms with E-state index in [0.717, 1.165) is 13.2 Å². The highest BCUT2D eigenvalue weighted by molar-refractivity contribution is 6.37. The van der Waals surface area contributed by atoms with Crippen LogP contribution in [0.3, 0.4) is 0 Å². The lowest BCUT2D eigenvalue weighted by Gasteiger charge is -2.27. The SMILES string of the molecule is COc1cc(=O)c2c(=O)c3c(c(=O)c=2c1=O)=C(O)[C@]1(CCc2c1c(O)c1c(=O)[nH]c(C=NNn4cnnc4)cc1c2Cl)C=3O. The quantitative estimate of drug-likeness (QED) is 0.113. The molecule has 15 nitrogen and oxygen atoms in total. The Balaban J connectivity index is 1.52. The van der Waals surface area contributed by atoms with Crippen molar-refractivity contribution in [1.29, 1.82) is 0 Å². The third-order valence-electron chi connectivity index (χ3n) is 8.17. The fraction of sp³-hybridized carbons (Fsp3) is 0.143. The number of benzene rings is 1. The molecule has 0 amide bonds. The van der Waals surface area contributed by atoms with Crippen LogP contribution in [0.25, 0.3) is 22.3 Å². The Morgan fingerprint density at radius 3 is 2.32 bits per heavy atom. The van der Waals surface area contributed by atoms with Crippen molar-refractivity contribution in [2.45, 2.75) is 18.3 Å². The van der Waals surface area contributed by atoms with Gasteiger partial charge >= 0.3 is 0 Å². The summed E-state index contributed by atoms with van der Waals surface area (Å²) in [5, 5.41) is 42.8. The number of aromatic amines is 1. The second kappa shape index (κ2) is 9.08. The summed E-state index contributed by atoms with van der Waals surface area (Å²) in [6.45, 7) is 0. The highest BCUT2D eigenvalue weighted by Gasteiger charge is 2.53. The number of hydrazone groups is 1. The Morgan fingerprint density at radius 1 is 1.00 bits per heavy atom. The maximum absolute atomic E-state index is 13.6. The van der Waals surface area contributed by atoms with E-state index in [1.165, 1.54) is 29.6 Å². The number of phenolic OH excluding ortho intramolecular Hbond substituents is 1. The number of pyridine rings is 1. The number of aliphatic hydroxyl groups is 2. The minimum atomic E-state index is -2.07. The molecular formula is C28H17ClN6O9. The molecule has 2 heterocycles. The normalized spacial score (nSPS) is 17.3. The van der Waals surface area contributed by atoms with Gasteiger partial charge in [-0.25, -0.2) is 10.2 Å². The highest BCUT2D eigenvalue weighted by Crippen LogP contribution is 2.56. The van der Waals surface area contributed by atoms with Crippen molar-refractivity contribution in [1.82, 2.24) is 19.9 Å². The Bertz CT molecular complexity index is 2630. The number of methoxy groups -OCH3 is 1. The number of rotatable bonds is 4. The Kier molecular flexibility index (Phi) is 5.58. The predicted molar refractivity (Wildman–Crippen MR) is 155 cm³/mol. The molecule has 0 radical (unpaired) electrons. The first-order valence-corrected chi connectivity index (χ1v) is 13.2. The summed E-state index contributed by atoms with van der Waals surface area (Å²) in [4.78, 5) is 68.7. The number of hydrogen-bond acceptors (Lipinski definition) is 13. The van der Waals surface area contributed by atoms with Crippen molar-refractivity contribution < 1.29 is 20.1 Å². The Morgan fingerprint density at radius 2 is 1.66 bits per heavy atom. The zero-order valence-corrected chi connectivity index (χ0v) is 23.0. The lowest BCUT2D eigenvalue weighted by atomic mass is 9.78. The molecule has 3 aromatic rings. The largest absolute Gasteiger partial charge is 0.510 e. The molecule has 1 spiro atoms. The number of H-pyrrole nitrogens is 1. The van der Waals surface area contributed by atoms with Crippen LogP contribution in [0.2, 0.25) is 5.02 Å². The number of aliphatic hydroxyl groups excluding tert-OH is 2. The number of hydrogen-bond donors (Lipinski definition) is 5. The van der Waals surface area contributed by atoms with E-state index >= 15 is 0 Å². The van der Waals surface area contributed by atoms with Gasteiger partial charge in [0.1, 0.15) is 35.3 Å². The molecule has 220 valence electrons. The number of phenols is 1. The molecule has 2 aromatic heterocycles. The molecule has 44 heavy (non-hydrogen) atoms. The molecule has 0 fully saturated rings. The molecule has 1 atom stereocenters. The summed E-state index contributed by atoms with van der Waals surface area (Å²) >= 11 is 6.76.